The summed E-state index contributed by atoms with van der Waals surface area (Å²) < 4.78 is 0. The molecule has 9 heteroatoms. The van der Waals surface area contributed by atoms with E-state index in [4.69, 9.17) is 4.99 Å². The van der Waals surface area contributed by atoms with Crippen molar-refractivity contribution in [2.45, 2.75) is 58.4 Å². The predicted molar refractivity (Wildman–Crippen MR) is 136 cm³/mol. The fraction of sp³-hybridized carbons (Fsp3) is 0.577. The first-order chi connectivity index (χ1) is 16.8. The molecule has 1 fully saturated rings. The summed E-state index contributed by atoms with van der Waals surface area (Å²) in [6.45, 7) is 11.6. The van der Waals surface area contributed by atoms with Crippen molar-refractivity contribution in [3.63, 3.8) is 0 Å². The number of rotatable bonds is 5. The van der Waals surface area contributed by atoms with Gasteiger partial charge in [0.05, 0.1) is 12.1 Å². The Labute approximate surface area is 207 Å². The number of amides is 1. The molecule has 0 aromatic rings. The zero-order valence-electron chi connectivity index (χ0n) is 21.1. The summed E-state index contributed by atoms with van der Waals surface area (Å²) in [5, 5.41) is 14.0. The van der Waals surface area contributed by atoms with Crippen LogP contribution in [0.1, 0.15) is 40.5 Å². The van der Waals surface area contributed by atoms with Crippen LogP contribution in [0.2, 0.25) is 0 Å². The van der Waals surface area contributed by atoms with E-state index in [1.54, 1.807) is 4.90 Å². The van der Waals surface area contributed by atoms with E-state index in [0.717, 1.165) is 56.2 Å². The molecule has 0 radical (unpaired) electrons. The Kier molecular flexibility index (Phi) is 6.21. The first kappa shape index (κ1) is 23.7. The largest absolute Gasteiger partial charge is 0.371 e. The number of dihydropyridines is 1. The van der Waals surface area contributed by atoms with E-state index in [2.05, 4.69) is 57.4 Å². The summed E-state index contributed by atoms with van der Waals surface area (Å²) in [5.74, 6) is -0.350. The fourth-order valence-electron chi connectivity index (χ4n) is 5.84. The van der Waals surface area contributed by atoms with E-state index in [1.165, 1.54) is 12.6 Å². The van der Waals surface area contributed by atoms with Gasteiger partial charge in [-0.1, -0.05) is 19.1 Å². The van der Waals surface area contributed by atoms with Gasteiger partial charge in [-0.25, -0.2) is 4.99 Å². The lowest BCUT2D eigenvalue weighted by Gasteiger charge is -2.46. The van der Waals surface area contributed by atoms with Gasteiger partial charge >= 0.3 is 0 Å². The Morgan fingerprint density at radius 1 is 1.23 bits per heavy atom. The molecular weight excluding hydrogens is 442 g/mol. The molecule has 1 amide bonds. The maximum atomic E-state index is 13.5. The molecule has 0 bridgehead atoms. The second-order valence-corrected chi connectivity index (χ2v) is 10.3. The third-order valence-corrected chi connectivity index (χ3v) is 7.69. The van der Waals surface area contributed by atoms with Crippen molar-refractivity contribution < 1.29 is 9.59 Å². The maximum absolute atomic E-state index is 13.5. The number of nitrogens with one attached hydrogen (secondary N) is 4. The van der Waals surface area contributed by atoms with Crippen molar-refractivity contribution >= 4 is 17.9 Å². The first-order valence-corrected chi connectivity index (χ1v) is 12.8. The van der Waals surface area contributed by atoms with Crippen LogP contribution < -0.4 is 21.3 Å². The van der Waals surface area contributed by atoms with Crippen molar-refractivity contribution in [1.82, 2.24) is 31.1 Å². The van der Waals surface area contributed by atoms with Gasteiger partial charge in [-0.05, 0) is 45.8 Å². The van der Waals surface area contributed by atoms with E-state index in [0.29, 0.717) is 0 Å². The molecule has 188 valence electrons. The van der Waals surface area contributed by atoms with Gasteiger partial charge in [0.2, 0.25) is 11.7 Å². The Morgan fingerprint density at radius 3 is 2.66 bits per heavy atom. The summed E-state index contributed by atoms with van der Waals surface area (Å²) in [4.78, 5) is 35.0. The highest BCUT2D eigenvalue weighted by molar-refractivity contribution is 6.04. The number of hydrogen-bond donors (Lipinski definition) is 4. The molecule has 5 atom stereocenters. The Morgan fingerprint density at radius 2 is 2.00 bits per heavy atom. The number of piperazine rings is 1. The van der Waals surface area contributed by atoms with Crippen LogP contribution in [0.5, 0.6) is 0 Å². The molecule has 1 saturated heterocycles. The van der Waals surface area contributed by atoms with E-state index in [1.807, 2.05) is 20.1 Å². The topological polar surface area (TPSA) is 101 Å². The number of ketones is 1. The summed E-state index contributed by atoms with van der Waals surface area (Å²) in [6, 6.07) is 0.112. The minimum Gasteiger partial charge on any atom is -0.371 e. The number of aliphatic imine (C=N–C) groups is 1. The smallest absolute Gasteiger partial charge is 0.239 e. The van der Waals surface area contributed by atoms with Gasteiger partial charge in [0.15, 0.2) is 0 Å². The van der Waals surface area contributed by atoms with Crippen molar-refractivity contribution in [3.05, 3.63) is 47.2 Å². The highest BCUT2D eigenvalue weighted by Gasteiger charge is 2.47. The quantitative estimate of drug-likeness (QED) is 0.347. The van der Waals surface area contributed by atoms with Gasteiger partial charge in [0, 0.05) is 49.6 Å². The minimum atomic E-state index is -0.846. The summed E-state index contributed by atoms with van der Waals surface area (Å²) in [7, 11) is 0. The molecule has 5 aliphatic rings. The molecule has 1 aliphatic carbocycles. The van der Waals surface area contributed by atoms with Crippen LogP contribution in [0.4, 0.5) is 0 Å². The maximum Gasteiger partial charge on any atom is 0.239 e. The molecular formula is C26H37N7O2. The molecule has 4 aliphatic heterocycles. The lowest BCUT2D eigenvalue weighted by atomic mass is 9.80. The van der Waals surface area contributed by atoms with Crippen LogP contribution in [0.3, 0.4) is 0 Å². The van der Waals surface area contributed by atoms with Crippen LogP contribution in [-0.4, -0.2) is 71.8 Å². The Hall–Kier alpha value is -3.07. The van der Waals surface area contributed by atoms with E-state index >= 15 is 0 Å². The molecule has 0 aromatic carbocycles. The Balaban J connectivity index is 1.39. The molecule has 0 saturated carbocycles. The van der Waals surface area contributed by atoms with Gasteiger partial charge in [-0.3, -0.25) is 14.5 Å². The molecule has 5 unspecified atom stereocenters. The van der Waals surface area contributed by atoms with Crippen LogP contribution in [0.15, 0.2) is 52.2 Å². The zero-order chi connectivity index (χ0) is 24.7. The molecule has 35 heavy (non-hydrogen) atoms. The second kappa shape index (κ2) is 9.18. The average molecular weight is 480 g/mol. The molecule has 5 rings (SSSR count). The lowest BCUT2D eigenvalue weighted by molar-refractivity contribution is -0.143. The number of carbonyl (C=O) groups excluding carboxylic acids is 2. The molecule has 4 heterocycles. The van der Waals surface area contributed by atoms with E-state index < -0.39 is 11.7 Å². The summed E-state index contributed by atoms with van der Waals surface area (Å²) in [5.41, 5.74) is 2.19. The number of nitrogens with zero attached hydrogens (tertiary/aromatic N) is 3. The van der Waals surface area contributed by atoms with Gasteiger partial charge in [-0.15, -0.1) is 0 Å². The standard InChI is InChI=1S/C26H37N7O2/c1-16-20-15-28-26(4,30-22-10-9-21(17(2)29-22)32-13-11-27-12-14-32)31-24(20)33(19-7-5-6-8-19)25(35)23(16)18(3)34/h5,7,9-10,15-17,19,23,27,29-31H,6,8,11-14H2,1-4H3. The number of allylic oxidation sites excluding steroid dienone is 4. The van der Waals surface area contributed by atoms with Crippen LogP contribution in [0.25, 0.3) is 0 Å². The first-order valence-electron chi connectivity index (χ1n) is 12.8. The zero-order valence-corrected chi connectivity index (χ0v) is 21.1. The molecule has 4 N–H and O–H groups in total. The van der Waals surface area contributed by atoms with Gasteiger partial charge in [0.25, 0.3) is 0 Å². The van der Waals surface area contributed by atoms with Crippen molar-refractivity contribution in [1.29, 1.82) is 0 Å². The number of Topliss-reactive ketones (excluding diaryl/α,β-unsaturated/α-hetero) is 1. The highest BCUT2D eigenvalue weighted by atomic mass is 16.2. The third-order valence-electron chi connectivity index (χ3n) is 7.69. The predicted octanol–water partition coefficient (Wildman–Crippen LogP) is 1.16. The number of hydrogen-bond acceptors (Lipinski definition) is 8. The van der Waals surface area contributed by atoms with E-state index in [-0.39, 0.29) is 29.7 Å². The molecule has 0 aromatic heterocycles. The van der Waals surface area contributed by atoms with E-state index in [9.17, 15) is 9.59 Å². The molecule has 9 nitrogen and oxygen atoms in total. The third kappa shape index (κ3) is 4.37. The fourth-order valence-corrected chi connectivity index (χ4v) is 5.84. The monoisotopic (exact) mass is 479 g/mol. The highest BCUT2D eigenvalue weighted by Crippen LogP contribution is 2.37. The average Bonchev–Trinajstić information content (AvgIpc) is 3.33. The van der Waals surface area contributed by atoms with Crippen molar-refractivity contribution in [2.75, 3.05) is 26.2 Å². The van der Waals surface area contributed by atoms with Crippen LogP contribution >= 0.6 is 0 Å². The van der Waals surface area contributed by atoms with Crippen LogP contribution in [-0.2, 0) is 9.59 Å². The molecule has 0 spiro atoms. The number of carbonyl (C=O) groups is 2. The SMILES string of the molecule is CC(=O)C1C(=O)N(C2C=CCC2)C2=C(C=NC(C)(NC3=CC=C(N4CCNCC4)C(C)N3)N2)C1C. The minimum absolute atomic E-state index is 0.0540. The summed E-state index contributed by atoms with van der Waals surface area (Å²) in [6.07, 6.45) is 12.0. The van der Waals surface area contributed by atoms with Crippen LogP contribution in [0, 0.1) is 11.8 Å². The lowest BCUT2D eigenvalue weighted by Crippen LogP contribution is -2.63. The van der Waals surface area contributed by atoms with Gasteiger partial charge < -0.3 is 26.2 Å². The van der Waals surface area contributed by atoms with Gasteiger partial charge in [-0.2, -0.15) is 0 Å². The van der Waals surface area contributed by atoms with Crippen molar-refractivity contribution in [2.24, 2.45) is 16.8 Å². The summed E-state index contributed by atoms with van der Waals surface area (Å²) >= 11 is 0. The second-order valence-electron chi connectivity index (χ2n) is 10.3. The van der Waals surface area contributed by atoms with Gasteiger partial charge in [0.1, 0.15) is 23.3 Å². The normalized spacial score (nSPS) is 34.7. The Bertz CT molecular complexity index is 1050. The van der Waals surface area contributed by atoms with Crippen molar-refractivity contribution in [3.8, 4) is 0 Å².